The van der Waals surface area contributed by atoms with Gasteiger partial charge in [0.1, 0.15) is 5.56 Å². The Hall–Kier alpha value is -2.00. The zero-order chi connectivity index (χ0) is 15.3. The predicted octanol–water partition coefficient (Wildman–Crippen LogP) is 1.44. The first-order chi connectivity index (χ1) is 9.26. The second kappa shape index (κ2) is 6.44. The molecule has 0 fully saturated rings. The Morgan fingerprint density at radius 2 is 2.05 bits per heavy atom. The van der Waals surface area contributed by atoms with Crippen LogP contribution in [0.2, 0.25) is 5.02 Å². The quantitative estimate of drug-likeness (QED) is 0.754. The number of rotatable bonds is 5. The second-order valence-electron chi connectivity index (χ2n) is 3.40. The van der Waals surface area contributed by atoms with Gasteiger partial charge in [-0.3, -0.25) is 4.72 Å². The summed E-state index contributed by atoms with van der Waals surface area (Å²) in [6.07, 6.45) is -1.18. The average Bonchev–Trinajstić information content (AvgIpc) is 2.26. The molecule has 0 unspecified atom stereocenters. The van der Waals surface area contributed by atoms with Gasteiger partial charge in [0.25, 0.3) is 0 Å². The minimum absolute atomic E-state index is 0.0150. The van der Waals surface area contributed by atoms with E-state index in [9.17, 15) is 18.0 Å². The number of hydrogen-bond acceptors (Lipinski definition) is 5. The van der Waals surface area contributed by atoms with E-state index in [1.165, 1.54) is 25.1 Å². The minimum Gasteiger partial charge on any atom is -0.478 e. The number of aromatic carboxylic acids is 1. The summed E-state index contributed by atoms with van der Waals surface area (Å²) in [5.41, 5.74) is -0.704. The molecule has 1 amide bonds. The number of hydrogen-bond donors (Lipinski definition) is 3. The second-order valence-corrected chi connectivity index (χ2v) is 5.22. The number of ether oxygens (including phenoxy) is 1. The third-order valence-electron chi connectivity index (χ3n) is 1.96. The van der Waals surface area contributed by atoms with Gasteiger partial charge in [-0.1, -0.05) is 17.7 Å². The van der Waals surface area contributed by atoms with Crippen molar-refractivity contribution in [3.05, 3.63) is 28.8 Å². The van der Waals surface area contributed by atoms with Crippen molar-refractivity contribution in [2.75, 3.05) is 11.3 Å². The van der Waals surface area contributed by atoms with Crippen LogP contribution in [0.4, 0.5) is 10.5 Å². The van der Waals surface area contributed by atoms with Crippen LogP contribution in [0, 0.1) is 0 Å². The monoisotopic (exact) mass is 322 g/mol. The number of carbonyl (C=O) groups is 2. The Bertz CT molecular complexity index is 631. The highest BCUT2D eigenvalue weighted by Gasteiger charge is 2.20. The van der Waals surface area contributed by atoms with Gasteiger partial charge < -0.3 is 9.84 Å². The molecule has 10 heteroatoms. The molecule has 0 saturated heterocycles. The van der Waals surface area contributed by atoms with Crippen LogP contribution >= 0.6 is 11.6 Å². The molecule has 0 saturated carbocycles. The van der Waals surface area contributed by atoms with Gasteiger partial charge >= 0.3 is 22.3 Å². The number of anilines is 1. The molecule has 20 heavy (non-hydrogen) atoms. The van der Waals surface area contributed by atoms with Crippen molar-refractivity contribution in [2.45, 2.75) is 6.92 Å². The summed E-state index contributed by atoms with van der Waals surface area (Å²) in [6.45, 7) is 1.48. The van der Waals surface area contributed by atoms with Crippen LogP contribution in [0.3, 0.4) is 0 Å². The molecule has 0 atom stereocenters. The first-order valence-corrected chi connectivity index (χ1v) is 7.12. The van der Waals surface area contributed by atoms with Crippen LogP contribution < -0.4 is 9.44 Å². The average molecular weight is 323 g/mol. The highest BCUT2D eigenvalue weighted by molar-refractivity contribution is 7.91. The molecule has 0 aliphatic carbocycles. The van der Waals surface area contributed by atoms with Gasteiger partial charge in [0, 0.05) is 0 Å². The van der Waals surface area contributed by atoms with Crippen molar-refractivity contribution in [1.29, 1.82) is 0 Å². The van der Waals surface area contributed by atoms with Gasteiger partial charge in [-0.15, -0.1) is 0 Å². The summed E-state index contributed by atoms with van der Waals surface area (Å²) in [6, 6.07) is 3.85. The molecule has 8 nitrogen and oxygen atoms in total. The van der Waals surface area contributed by atoms with E-state index in [1.807, 2.05) is 4.72 Å². The Kier molecular flexibility index (Phi) is 5.17. The highest BCUT2D eigenvalue weighted by atomic mass is 35.5. The third-order valence-corrected chi connectivity index (χ3v) is 3.20. The lowest BCUT2D eigenvalue weighted by Crippen LogP contribution is -2.36. The molecule has 0 bridgehead atoms. The number of carboxylic acid groups (broad SMARTS) is 1. The zero-order valence-corrected chi connectivity index (χ0v) is 11.8. The van der Waals surface area contributed by atoms with Crippen LogP contribution in [0.5, 0.6) is 0 Å². The molecule has 3 N–H and O–H groups in total. The fourth-order valence-electron chi connectivity index (χ4n) is 1.27. The molecular weight excluding hydrogens is 312 g/mol. The Morgan fingerprint density at radius 1 is 1.40 bits per heavy atom. The van der Waals surface area contributed by atoms with E-state index in [-0.39, 0.29) is 17.3 Å². The minimum atomic E-state index is -4.33. The number of benzene rings is 1. The van der Waals surface area contributed by atoms with E-state index in [0.29, 0.717) is 0 Å². The summed E-state index contributed by atoms with van der Waals surface area (Å²) in [7, 11) is -4.33. The molecule has 1 aromatic rings. The van der Waals surface area contributed by atoms with Crippen LogP contribution in [-0.4, -0.2) is 32.2 Å². The van der Waals surface area contributed by atoms with E-state index >= 15 is 0 Å². The van der Waals surface area contributed by atoms with Crippen LogP contribution in [-0.2, 0) is 14.9 Å². The lowest BCUT2D eigenvalue weighted by molar-refractivity contribution is 0.0698. The number of halogens is 1. The highest BCUT2D eigenvalue weighted by Crippen LogP contribution is 2.24. The zero-order valence-electron chi connectivity index (χ0n) is 10.2. The maximum Gasteiger partial charge on any atom is 0.422 e. The van der Waals surface area contributed by atoms with Gasteiger partial charge in [0.05, 0.1) is 17.3 Å². The van der Waals surface area contributed by atoms with Crippen molar-refractivity contribution < 1.29 is 27.9 Å². The topological polar surface area (TPSA) is 122 Å². The summed E-state index contributed by atoms with van der Waals surface area (Å²) >= 11 is 5.68. The van der Waals surface area contributed by atoms with Gasteiger partial charge in [-0.05, 0) is 19.1 Å². The predicted molar refractivity (Wildman–Crippen MR) is 71.1 cm³/mol. The van der Waals surface area contributed by atoms with Crippen LogP contribution in [0.1, 0.15) is 17.3 Å². The van der Waals surface area contributed by atoms with E-state index in [1.54, 1.807) is 4.72 Å². The summed E-state index contributed by atoms with van der Waals surface area (Å²) in [5.74, 6) is -1.41. The van der Waals surface area contributed by atoms with Crippen molar-refractivity contribution in [3.63, 3.8) is 0 Å². The lowest BCUT2D eigenvalue weighted by atomic mass is 10.2. The first-order valence-electron chi connectivity index (χ1n) is 5.26. The van der Waals surface area contributed by atoms with E-state index in [0.717, 1.165) is 0 Å². The van der Waals surface area contributed by atoms with Crippen molar-refractivity contribution in [3.8, 4) is 0 Å². The molecular formula is C10H11ClN2O6S. The lowest BCUT2D eigenvalue weighted by Gasteiger charge is -2.11. The van der Waals surface area contributed by atoms with Crippen molar-refractivity contribution in [2.24, 2.45) is 0 Å². The molecule has 0 heterocycles. The Balaban J connectivity index is 3.01. The molecule has 0 aromatic heterocycles. The maximum atomic E-state index is 11.6. The van der Waals surface area contributed by atoms with Crippen molar-refractivity contribution >= 4 is 39.6 Å². The number of nitrogens with one attached hydrogen (secondary N) is 2. The number of carbonyl (C=O) groups excluding carboxylic acids is 1. The Labute approximate surface area is 119 Å². The largest absolute Gasteiger partial charge is 0.478 e. The van der Waals surface area contributed by atoms with Crippen LogP contribution in [0.15, 0.2) is 18.2 Å². The smallest absolute Gasteiger partial charge is 0.422 e. The fraction of sp³-hybridized carbons (Fsp3) is 0.200. The number of amides is 1. The van der Waals surface area contributed by atoms with E-state index in [4.69, 9.17) is 16.7 Å². The summed E-state index contributed by atoms with van der Waals surface area (Å²) in [4.78, 5) is 22.1. The molecule has 0 radical (unpaired) electrons. The SMILES string of the molecule is CCOC(=O)NS(=O)(=O)Nc1cccc(Cl)c1C(=O)O. The number of carboxylic acids is 1. The van der Waals surface area contributed by atoms with Crippen molar-refractivity contribution in [1.82, 2.24) is 4.72 Å². The maximum absolute atomic E-state index is 11.6. The standard InChI is InChI=1S/C10H11ClN2O6S/c1-2-19-10(16)13-20(17,18)12-7-5-3-4-6(11)8(7)9(14)15/h3-5,12H,2H2,1H3,(H,13,16)(H,14,15). The summed E-state index contributed by atoms with van der Waals surface area (Å²) < 4.78 is 31.1. The molecule has 0 spiro atoms. The summed E-state index contributed by atoms with van der Waals surface area (Å²) in [5, 5.41) is 8.83. The molecule has 1 aromatic carbocycles. The third kappa shape index (κ3) is 4.28. The molecule has 0 aliphatic rings. The van der Waals surface area contributed by atoms with Gasteiger partial charge in [-0.2, -0.15) is 8.42 Å². The van der Waals surface area contributed by atoms with Crippen LogP contribution in [0.25, 0.3) is 0 Å². The molecule has 110 valence electrons. The van der Waals surface area contributed by atoms with E-state index in [2.05, 4.69) is 4.74 Å². The first kappa shape index (κ1) is 16.1. The van der Waals surface area contributed by atoms with E-state index < -0.39 is 27.8 Å². The molecule has 0 aliphatic heterocycles. The van der Waals surface area contributed by atoms with Gasteiger partial charge in [-0.25, -0.2) is 14.3 Å². The van der Waals surface area contributed by atoms with Gasteiger partial charge in [0.15, 0.2) is 0 Å². The molecule has 1 rings (SSSR count). The Morgan fingerprint density at radius 3 is 2.60 bits per heavy atom. The fourth-order valence-corrected chi connectivity index (χ4v) is 2.31. The normalized spacial score (nSPS) is 10.7. The van der Waals surface area contributed by atoms with Gasteiger partial charge in [0.2, 0.25) is 0 Å².